The Hall–Kier alpha value is -1.05. The fourth-order valence-electron chi connectivity index (χ4n) is 1.94. The number of hydrogen-bond acceptors (Lipinski definition) is 0. The predicted octanol–water partition coefficient (Wildman–Crippen LogP) is 5.93. The van der Waals surface area contributed by atoms with E-state index in [2.05, 4.69) is 13.8 Å². The van der Waals surface area contributed by atoms with E-state index in [1.54, 1.807) is 6.07 Å². The summed E-state index contributed by atoms with van der Waals surface area (Å²) in [5.41, 5.74) is 2.51. The van der Waals surface area contributed by atoms with E-state index < -0.39 is 5.38 Å². The van der Waals surface area contributed by atoms with Gasteiger partial charge in [0.1, 0.15) is 5.82 Å². The smallest absolute Gasteiger partial charge is 0.128 e. The summed E-state index contributed by atoms with van der Waals surface area (Å²) in [6.45, 7) is 4.26. The number of benzene rings is 2. The molecular weight excluding hydrogens is 282 g/mol. The van der Waals surface area contributed by atoms with Crippen molar-refractivity contribution in [1.82, 2.24) is 0 Å². The van der Waals surface area contributed by atoms with Crippen LogP contribution in [0.4, 0.5) is 4.39 Å². The van der Waals surface area contributed by atoms with Crippen LogP contribution in [0.15, 0.2) is 42.5 Å². The zero-order chi connectivity index (χ0) is 14.0. The van der Waals surface area contributed by atoms with E-state index in [9.17, 15) is 4.39 Å². The standard InChI is InChI=1S/C16H15Cl2F/c1-10(2)11-3-5-12(6-4-11)16(18)14-9-13(17)7-8-15(14)19/h3-10,16H,1-2H3. The van der Waals surface area contributed by atoms with Crippen LogP contribution in [0, 0.1) is 5.82 Å². The Morgan fingerprint density at radius 2 is 1.53 bits per heavy atom. The number of halogens is 3. The van der Waals surface area contributed by atoms with Gasteiger partial charge in [0, 0.05) is 10.6 Å². The van der Waals surface area contributed by atoms with Gasteiger partial charge in [0.15, 0.2) is 0 Å². The number of rotatable bonds is 3. The van der Waals surface area contributed by atoms with E-state index in [1.165, 1.54) is 17.7 Å². The van der Waals surface area contributed by atoms with Gasteiger partial charge in [-0.3, -0.25) is 0 Å². The lowest BCUT2D eigenvalue weighted by molar-refractivity contribution is 0.612. The highest BCUT2D eigenvalue weighted by molar-refractivity contribution is 6.30. The molecule has 0 radical (unpaired) electrons. The molecule has 0 bridgehead atoms. The zero-order valence-electron chi connectivity index (χ0n) is 10.8. The van der Waals surface area contributed by atoms with Crippen LogP contribution in [0.3, 0.4) is 0 Å². The van der Waals surface area contributed by atoms with E-state index in [0.29, 0.717) is 16.5 Å². The molecule has 2 aromatic carbocycles. The molecule has 0 saturated heterocycles. The third-order valence-corrected chi connectivity index (χ3v) is 3.85. The van der Waals surface area contributed by atoms with Crippen molar-refractivity contribution < 1.29 is 4.39 Å². The highest BCUT2D eigenvalue weighted by atomic mass is 35.5. The Kier molecular flexibility index (Phi) is 4.49. The average Bonchev–Trinajstić information content (AvgIpc) is 2.41. The molecule has 0 aliphatic carbocycles. The molecule has 1 atom stereocenters. The summed E-state index contributed by atoms with van der Waals surface area (Å²) in [5.74, 6) is 0.128. The first-order valence-electron chi connectivity index (χ1n) is 6.18. The Labute approximate surface area is 123 Å². The molecule has 1 unspecified atom stereocenters. The monoisotopic (exact) mass is 296 g/mol. The summed E-state index contributed by atoms with van der Waals surface area (Å²) < 4.78 is 13.8. The zero-order valence-corrected chi connectivity index (χ0v) is 12.3. The number of alkyl halides is 1. The topological polar surface area (TPSA) is 0 Å². The Balaban J connectivity index is 2.33. The Bertz CT molecular complexity index is 561. The van der Waals surface area contributed by atoms with Crippen molar-refractivity contribution in [2.24, 2.45) is 0 Å². The molecule has 100 valence electrons. The molecule has 0 amide bonds. The predicted molar refractivity (Wildman–Crippen MR) is 79.6 cm³/mol. The quantitative estimate of drug-likeness (QED) is 0.616. The van der Waals surface area contributed by atoms with Gasteiger partial charge < -0.3 is 0 Å². The van der Waals surface area contributed by atoms with Crippen molar-refractivity contribution in [2.45, 2.75) is 25.1 Å². The summed E-state index contributed by atoms with van der Waals surface area (Å²) >= 11 is 12.2. The fourth-order valence-corrected chi connectivity index (χ4v) is 2.43. The van der Waals surface area contributed by atoms with Gasteiger partial charge in [-0.25, -0.2) is 4.39 Å². The van der Waals surface area contributed by atoms with Crippen molar-refractivity contribution in [3.8, 4) is 0 Å². The van der Waals surface area contributed by atoms with Crippen LogP contribution < -0.4 is 0 Å². The molecule has 0 spiro atoms. The van der Waals surface area contributed by atoms with Gasteiger partial charge in [-0.1, -0.05) is 49.7 Å². The molecule has 0 heterocycles. The molecule has 0 aromatic heterocycles. The largest absolute Gasteiger partial charge is 0.207 e. The van der Waals surface area contributed by atoms with Crippen molar-refractivity contribution in [2.75, 3.05) is 0 Å². The van der Waals surface area contributed by atoms with Gasteiger partial charge in [-0.15, -0.1) is 11.6 Å². The molecule has 19 heavy (non-hydrogen) atoms. The summed E-state index contributed by atoms with van der Waals surface area (Å²) in [6.07, 6.45) is 0. The maximum absolute atomic E-state index is 13.8. The second-order valence-corrected chi connectivity index (χ2v) is 5.72. The van der Waals surface area contributed by atoms with Gasteiger partial charge in [0.05, 0.1) is 5.38 Å². The average molecular weight is 297 g/mol. The summed E-state index contributed by atoms with van der Waals surface area (Å²) in [4.78, 5) is 0. The van der Waals surface area contributed by atoms with Crippen LogP contribution in [0.1, 0.15) is 41.8 Å². The van der Waals surface area contributed by atoms with Crippen LogP contribution in [0.25, 0.3) is 0 Å². The molecule has 0 N–H and O–H groups in total. The van der Waals surface area contributed by atoms with Crippen LogP contribution in [0.5, 0.6) is 0 Å². The third-order valence-electron chi connectivity index (χ3n) is 3.13. The van der Waals surface area contributed by atoms with Gasteiger partial charge in [0.2, 0.25) is 0 Å². The third kappa shape index (κ3) is 3.29. The molecule has 0 nitrogen and oxygen atoms in total. The van der Waals surface area contributed by atoms with E-state index in [0.717, 1.165) is 5.56 Å². The lowest BCUT2D eigenvalue weighted by Gasteiger charge is -2.13. The molecule has 2 rings (SSSR count). The van der Waals surface area contributed by atoms with E-state index in [1.807, 2.05) is 24.3 Å². The van der Waals surface area contributed by atoms with Crippen LogP contribution in [-0.4, -0.2) is 0 Å². The molecule has 0 fully saturated rings. The van der Waals surface area contributed by atoms with Crippen LogP contribution in [-0.2, 0) is 0 Å². The first-order valence-corrected chi connectivity index (χ1v) is 6.99. The van der Waals surface area contributed by atoms with Gasteiger partial charge in [0.25, 0.3) is 0 Å². The molecule has 0 aliphatic heterocycles. The Morgan fingerprint density at radius 3 is 2.11 bits per heavy atom. The Morgan fingerprint density at radius 1 is 0.947 bits per heavy atom. The molecular formula is C16H15Cl2F. The van der Waals surface area contributed by atoms with Crippen molar-refractivity contribution in [3.63, 3.8) is 0 Å². The van der Waals surface area contributed by atoms with Gasteiger partial charge >= 0.3 is 0 Å². The van der Waals surface area contributed by atoms with Crippen molar-refractivity contribution in [3.05, 3.63) is 70.0 Å². The normalized spacial score (nSPS) is 12.7. The van der Waals surface area contributed by atoms with Gasteiger partial charge in [-0.05, 0) is 35.2 Å². The lowest BCUT2D eigenvalue weighted by Crippen LogP contribution is -1.98. The fraction of sp³-hybridized carbons (Fsp3) is 0.250. The summed E-state index contributed by atoms with van der Waals surface area (Å²) in [6, 6.07) is 12.4. The minimum absolute atomic E-state index is 0.336. The minimum Gasteiger partial charge on any atom is -0.207 e. The minimum atomic E-state index is -0.528. The maximum atomic E-state index is 13.8. The summed E-state index contributed by atoms with van der Waals surface area (Å²) in [7, 11) is 0. The van der Waals surface area contributed by atoms with E-state index in [-0.39, 0.29) is 5.82 Å². The molecule has 0 aliphatic rings. The first-order chi connectivity index (χ1) is 8.99. The van der Waals surface area contributed by atoms with Crippen molar-refractivity contribution >= 4 is 23.2 Å². The lowest BCUT2D eigenvalue weighted by atomic mass is 9.98. The summed E-state index contributed by atoms with van der Waals surface area (Å²) in [5, 5.41) is -0.0410. The van der Waals surface area contributed by atoms with E-state index in [4.69, 9.17) is 23.2 Å². The second kappa shape index (κ2) is 5.94. The SMILES string of the molecule is CC(C)c1ccc(C(Cl)c2cc(Cl)ccc2F)cc1. The molecule has 3 heteroatoms. The van der Waals surface area contributed by atoms with E-state index >= 15 is 0 Å². The maximum Gasteiger partial charge on any atom is 0.128 e. The van der Waals surface area contributed by atoms with Crippen LogP contribution >= 0.6 is 23.2 Å². The van der Waals surface area contributed by atoms with Crippen LogP contribution in [0.2, 0.25) is 5.02 Å². The van der Waals surface area contributed by atoms with Gasteiger partial charge in [-0.2, -0.15) is 0 Å². The first kappa shape index (κ1) is 14.4. The van der Waals surface area contributed by atoms with Crippen molar-refractivity contribution in [1.29, 1.82) is 0 Å². The molecule has 2 aromatic rings. The molecule has 0 saturated carbocycles. The highest BCUT2D eigenvalue weighted by Gasteiger charge is 2.16. The number of hydrogen-bond donors (Lipinski definition) is 0. The second-order valence-electron chi connectivity index (χ2n) is 4.85. The highest BCUT2D eigenvalue weighted by Crippen LogP contribution is 2.32.